The van der Waals surface area contributed by atoms with Crippen molar-refractivity contribution in [3.8, 4) is 17.3 Å². The van der Waals surface area contributed by atoms with Crippen molar-refractivity contribution in [3.05, 3.63) is 80.4 Å². The molecule has 0 amide bonds. The van der Waals surface area contributed by atoms with Crippen LogP contribution < -0.4 is 0 Å². The van der Waals surface area contributed by atoms with Gasteiger partial charge < -0.3 is 0 Å². The Morgan fingerprint density at radius 3 is 2.83 bits per heavy atom. The normalized spacial score (nSPS) is 10.3. The molecule has 0 atom stereocenters. The number of nitrogens with zero attached hydrogens (tertiary/aromatic N) is 4. The monoisotopic (exact) mass is 382 g/mol. The summed E-state index contributed by atoms with van der Waals surface area (Å²) in [4.78, 5) is 10.8. The first-order valence-corrected chi connectivity index (χ1v) is 7.83. The largest absolute Gasteiger partial charge is 0.278 e. The van der Waals surface area contributed by atoms with Gasteiger partial charge in [-0.15, -0.1) is 0 Å². The van der Waals surface area contributed by atoms with Crippen molar-refractivity contribution in [2.75, 3.05) is 0 Å². The second-order valence-electron chi connectivity index (χ2n) is 5.13. The molecule has 0 aliphatic rings. The van der Waals surface area contributed by atoms with E-state index in [0.717, 1.165) is 10.0 Å². The summed E-state index contributed by atoms with van der Waals surface area (Å²) < 4.78 is 2.44. The predicted molar refractivity (Wildman–Crippen MR) is 92.3 cm³/mol. The number of benzene rings is 2. The third-order valence-electron chi connectivity index (χ3n) is 3.47. The van der Waals surface area contributed by atoms with Crippen LogP contribution in [0.1, 0.15) is 11.1 Å². The number of nitro benzene ring substituents is 1. The molecular weight excluding hydrogens is 372 g/mol. The van der Waals surface area contributed by atoms with E-state index in [0.29, 0.717) is 23.4 Å². The van der Waals surface area contributed by atoms with Gasteiger partial charge in [-0.2, -0.15) is 10.4 Å². The number of hydrogen-bond acceptors (Lipinski definition) is 4. The third kappa shape index (κ3) is 3.34. The lowest BCUT2D eigenvalue weighted by atomic mass is 10.1. The topological polar surface area (TPSA) is 84.8 Å². The summed E-state index contributed by atoms with van der Waals surface area (Å²) in [6, 6.07) is 15.9. The van der Waals surface area contributed by atoms with Crippen molar-refractivity contribution < 1.29 is 4.92 Å². The zero-order valence-electron chi connectivity index (χ0n) is 12.4. The average Bonchev–Trinajstić information content (AvgIpc) is 3.03. The molecule has 0 unspecified atom stereocenters. The van der Waals surface area contributed by atoms with Crippen LogP contribution in [0, 0.1) is 21.4 Å². The first-order chi connectivity index (χ1) is 11.6. The Kier molecular flexibility index (Phi) is 4.40. The van der Waals surface area contributed by atoms with Gasteiger partial charge in [-0.1, -0.05) is 28.1 Å². The van der Waals surface area contributed by atoms with E-state index in [1.165, 1.54) is 6.07 Å². The van der Waals surface area contributed by atoms with Crippen molar-refractivity contribution in [2.24, 2.45) is 0 Å². The summed E-state index contributed by atoms with van der Waals surface area (Å²) in [5, 5.41) is 24.6. The first-order valence-electron chi connectivity index (χ1n) is 7.03. The Morgan fingerprint density at radius 2 is 2.08 bits per heavy atom. The Balaban J connectivity index is 1.93. The van der Waals surface area contributed by atoms with E-state index in [9.17, 15) is 10.1 Å². The molecule has 0 aliphatic heterocycles. The number of aromatic nitrogens is 2. The zero-order chi connectivity index (χ0) is 17.1. The van der Waals surface area contributed by atoms with E-state index in [4.69, 9.17) is 5.26 Å². The van der Waals surface area contributed by atoms with Gasteiger partial charge in [0, 0.05) is 16.7 Å². The van der Waals surface area contributed by atoms with Crippen LogP contribution in [0.25, 0.3) is 11.3 Å². The standard InChI is InChI=1S/C17H11BrN4O2/c18-14-4-5-17(22(23)24)15(9-14)16-6-7-21(20-16)11-13-3-1-2-12(8-13)10-19/h1-9H,11H2. The molecule has 1 aromatic heterocycles. The number of nitro groups is 1. The van der Waals surface area contributed by atoms with Gasteiger partial charge in [0.25, 0.3) is 5.69 Å². The van der Waals surface area contributed by atoms with Gasteiger partial charge in [-0.05, 0) is 35.9 Å². The maximum atomic E-state index is 11.2. The number of nitriles is 1. The van der Waals surface area contributed by atoms with Crippen LogP contribution in [-0.2, 0) is 6.54 Å². The summed E-state index contributed by atoms with van der Waals surface area (Å²) >= 11 is 3.33. The highest BCUT2D eigenvalue weighted by Gasteiger charge is 2.17. The van der Waals surface area contributed by atoms with Crippen molar-refractivity contribution in [1.29, 1.82) is 5.26 Å². The van der Waals surface area contributed by atoms with Crippen LogP contribution in [0.3, 0.4) is 0 Å². The van der Waals surface area contributed by atoms with Crippen LogP contribution >= 0.6 is 15.9 Å². The maximum absolute atomic E-state index is 11.2. The molecule has 3 rings (SSSR count). The minimum Gasteiger partial charge on any atom is -0.268 e. The minimum absolute atomic E-state index is 0.00919. The highest BCUT2D eigenvalue weighted by molar-refractivity contribution is 9.10. The van der Waals surface area contributed by atoms with Gasteiger partial charge in [-0.25, -0.2) is 0 Å². The maximum Gasteiger partial charge on any atom is 0.278 e. The Morgan fingerprint density at radius 1 is 1.25 bits per heavy atom. The zero-order valence-corrected chi connectivity index (χ0v) is 14.0. The Hall–Kier alpha value is -2.98. The van der Waals surface area contributed by atoms with Gasteiger partial charge in [0.1, 0.15) is 0 Å². The van der Waals surface area contributed by atoms with Crippen LogP contribution in [-0.4, -0.2) is 14.7 Å². The van der Waals surface area contributed by atoms with E-state index in [1.807, 2.05) is 12.1 Å². The van der Waals surface area contributed by atoms with Crippen molar-refractivity contribution in [1.82, 2.24) is 9.78 Å². The van der Waals surface area contributed by atoms with E-state index in [-0.39, 0.29) is 5.69 Å². The van der Waals surface area contributed by atoms with Crippen molar-refractivity contribution in [3.63, 3.8) is 0 Å². The lowest BCUT2D eigenvalue weighted by molar-refractivity contribution is -0.384. The molecule has 2 aromatic carbocycles. The van der Waals surface area contributed by atoms with Crippen LogP contribution in [0.4, 0.5) is 5.69 Å². The van der Waals surface area contributed by atoms with Crippen LogP contribution in [0.5, 0.6) is 0 Å². The average molecular weight is 383 g/mol. The van der Waals surface area contributed by atoms with Gasteiger partial charge in [0.15, 0.2) is 0 Å². The van der Waals surface area contributed by atoms with Crippen molar-refractivity contribution >= 4 is 21.6 Å². The van der Waals surface area contributed by atoms with E-state index in [2.05, 4.69) is 27.1 Å². The quantitative estimate of drug-likeness (QED) is 0.501. The summed E-state index contributed by atoms with van der Waals surface area (Å²) in [7, 11) is 0. The molecule has 0 radical (unpaired) electrons. The second kappa shape index (κ2) is 6.64. The first kappa shape index (κ1) is 15.9. The van der Waals surface area contributed by atoms with Crippen molar-refractivity contribution in [2.45, 2.75) is 6.54 Å². The molecule has 6 nitrogen and oxygen atoms in total. The number of halogens is 1. The minimum atomic E-state index is -0.419. The number of rotatable bonds is 4. The summed E-state index contributed by atoms with van der Waals surface area (Å²) in [6.45, 7) is 0.483. The van der Waals surface area contributed by atoms with E-state index in [1.54, 1.807) is 41.2 Å². The molecule has 3 aromatic rings. The summed E-state index contributed by atoms with van der Waals surface area (Å²) in [5.74, 6) is 0. The molecular formula is C17H11BrN4O2. The molecule has 1 heterocycles. The Bertz CT molecular complexity index is 959. The summed E-state index contributed by atoms with van der Waals surface area (Å²) in [5.41, 5.74) is 2.52. The molecule has 24 heavy (non-hydrogen) atoms. The molecule has 0 bridgehead atoms. The van der Waals surface area contributed by atoms with Gasteiger partial charge in [0.05, 0.1) is 34.4 Å². The fraction of sp³-hybridized carbons (Fsp3) is 0.0588. The molecule has 7 heteroatoms. The lowest BCUT2D eigenvalue weighted by Crippen LogP contribution is -2.01. The molecule has 0 spiro atoms. The lowest BCUT2D eigenvalue weighted by Gasteiger charge is -2.03. The molecule has 118 valence electrons. The Labute approximate surface area is 146 Å². The summed E-state index contributed by atoms with van der Waals surface area (Å²) in [6.07, 6.45) is 1.76. The van der Waals surface area contributed by atoms with E-state index < -0.39 is 4.92 Å². The van der Waals surface area contributed by atoms with Gasteiger partial charge >= 0.3 is 0 Å². The highest BCUT2D eigenvalue weighted by Crippen LogP contribution is 2.31. The van der Waals surface area contributed by atoms with E-state index >= 15 is 0 Å². The SMILES string of the molecule is N#Cc1cccc(Cn2ccc(-c3cc(Br)ccc3[N+](=O)[O-])n2)c1. The third-order valence-corrected chi connectivity index (χ3v) is 3.97. The van der Waals surface area contributed by atoms with Crippen LogP contribution in [0.2, 0.25) is 0 Å². The smallest absolute Gasteiger partial charge is 0.268 e. The molecule has 0 fully saturated rings. The molecule has 0 N–H and O–H groups in total. The molecule has 0 aliphatic carbocycles. The van der Waals surface area contributed by atoms with Gasteiger partial charge in [0.2, 0.25) is 0 Å². The van der Waals surface area contributed by atoms with Gasteiger partial charge in [-0.3, -0.25) is 14.8 Å². The molecule has 0 saturated heterocycles. The molecule has 0 saturated carbocycles. The second-order valence-corrected chi connectivity index (χ2v) is 6.04. The highest BCUT2D eigenvalue weighted by atomic mass is 79.9. The predicted octanol–water partition coefficient (Wildman–Crippen LogP) is 4.14. The fourth-order valence-electron chi connectivity index (χ4n) is 2.39. The fourth-order valence-corrected chi connectivity index (χ4v) is 2.75. The van der Waals surface area contributed by atoms with Crippen LogP contribution in [0.15, 0.2) is 59.2 Å². The number of hydrogen-bond donors (Lipinski definition) is 0.